The molecule has 3 aromatic heterocycles. The Bertz CT molecular complexity index is 1450. The maximum Gasteiger partial charge on any atom is 0.269 e. The van der Waals surface area contributed by atoms with Crippen molar-refractivity contribution in [2.45, 2.75) is 38.0 Å². The lowest BCUT2D eigenvalue weighted by atomic mass is 9.70. The van der Waals surface area contributed by atoms with Crippen molar-refractivity contribution in [2.24, 2.45) is 18.4 Å². The van der Waals surface area contributed by atoms with E-state index in [2.05, 4.69) is 42.1 Å². The number of nitrogens with zero attached hydrogens (tertiary/aromatic N) is 4. The molecule has 6 nitrogen and oxygen atoms in total. The summed E-state index contributed by atoms with van der Waals surface area (Å²) >= 11 is 0. The number of rotatable bonds is 5. The quantitative estimate of drug-likeness (QED) is 0.384. The van der Waals surface area contributed by atoms with Crippen LogP contribution in [0.25, 0.3) is 22.2 Å². The van der Waals surface area contributed by atoms with Crippen molar-refractivity contribution in [3.8, 4) is 11.1 Å². The van der Waals surface area contributed by atoms with Crippen LogP contribution in [0, 0.1) is 11.3 Å². The standard InChI is InChI=1S/C26H28N4O2S/c1-26(2)12-8-7-9-21(26)13-19-14-23-24(20-16-28-29(3)17-20)18-30(25(23)27-15-19)33(31,32)22-10-5-4-6-11-22/h4-6,8,10-12,14-18,21H,7,9,13H2,1-3H3. The summed E-state index contributed by atoms with van der Waals surface area (Å²) in [6.45, 7) is 4.56. The van der Waals surface area contributed by atoms with Gasteiger partial charge in [0.05, 0.1) is 11.1 Å². The molecule has 0 spiro atoms. The fourth-order valence-electron chi connectivity index (χ4n) is 4.76. The zero-order valence-electron chi connectivity index (χ0n) is 19.1. The van der Waals surface area contributed by atoms with Gasteiger partial charge in [0.25, 0.3) is 10.0 Å². The van der Waals surface area contributed by atoms with Crippen molar-refractivity contribution in [2.75, 3.05) is 0 Å². The molecule has 1 aliphatic carbocycles. The van der Waals surface area contributed by atoms with E-state index >= 15 is 0 Å². The molecule has 0 fully saturated rings. The molecule has 1 atom stereocenters. The zero-order valence-corrected chi connectivity index (χ0v) is 20.0. The summed E-state index contributed by atoms with van der Waals surface area (Å²) in [5.41, 5.74) is 3.36. The first-order valence-electron chi connectivity index (χ1n) is 11.2. The second-order valence-corrected chi connectivity index (χ2v) is 11.3. The molecule has 5 rings (SSSR count). The third-order valence-corrected chi connectivity index (χ3v) is 8.41. The van der Waals surface area contributed by atoms with Gasteiger partial charge >= 0.3 is 0 Å². The average molecular weight is 461 g/mol. The first-order valence-corrected chi connectivity index (χ1v) is 12.7. The van der Waals surface area contributed by atoms with Gasteiger partial charge in [0.1, 0.15) is 0 Å². The van der Waals surface area contributed by atoms with Gasteiger partial charge in [-0.1, -0.05) is 44.2 Å². The minimum absolute atomic E-state index is 0.127. The number of hydrogen-bond acceptors (Lipinski definition) is 4. The van der Waals surface area contributed by atoms with E-state index in [0.717, 1.165) is 41.3 Å². The van der Waals surface area contributed by atoms with Crippen molar-refractivity contribution < 1.29 is 8.42 Å². The fraction of sp³-hybridized carbons (Fsp3) is 0.308. The van der Waals surface area contributed by atoms with Crippen LogP contribution in [-0.2, 0) is 23.5 Å². The monoisotopic (exact) mass is 460 g/mol. The molecule has 0 saturated carbocycles. The summed E-state index contributed by atoms with van der Waals surface area (Å²) in [5, 5.41) is 5.12. The van der Waals surface area contributed by atoms with E-state index in [-0.39, 0.29) is 10.3 Å². The van der Waals surface area contributed by atoms with Crippen molar-refractivity contribution in [1.29, 1.82) is 0 Å². The molecule has 1 aromatic carbocycles. The van der Waals surface area contributed by atoms with Crippen molar-refractivity contribution in [3.63, 3.8) is 0 Å². The highest BCUT2D eigenvalue weighted by Gasteiger charge is 2.29. The van der Waals surface area contributed by atoms with Crippen LogP contribution < -0.4 is 0 Å². The Labute approximate surface area is 194 Å². The second kappa shape index (κ2) is 7.99. The Kier molecular flexibility index (Phi) is 5.24. The predicted molar refractivity (Wildman–Crippen MR) is 130 cm³/mol. The zero-order chi connectivity index (χ0) is 23.2. The minimum Gasteiger partial charge on any atom is -0.275 e. The molecule has 4 aromatic rings. The smallest absolute Gasteiger partial charge is 0.269 e. The summed E-state index contributed by atoms with van der Waals surface area (Å²) in [4.78, 5) is 4.91. The van der Waals surface area contributed by atoms with Gasteiger partial charge < -0.3 is 0 Å². The van der Waals surface area contributed by atoms with Crippen molar-refractivity contribution in [3.05, 3.63) is 78.9 Å². The average Bonchev–Trinajstić information content (AvgIpc) is 3.39. The number of allylic oxidation sites excluding steroid dienone is 2. The largest absolute Gasteiger partial charge is 0.275 e. The fourth-order valence-corrected chi connectivity index (χ4v) is 6.10. The normalized spacial score (nSPS) is 18.1. The maximum absolute atomic E-state index is 13.5. The molecule has 0 bridgehead atoms. The first kappa shape index (κ1) is 21.6. The Morgan fingerprint density at radius 2 is 1.91 bits per heavy atom. The lowest BCUT2D eigenvalue weighted by molar-refractivity contribution is 0.252. The highest BCUT2D eigenvalue weighted by Crippen LogP contribution is 2.39. The number of aryl methyl sites for hydroxylation is 1. The van der Waals surface area contributed by atoms with E-state index in [4.69, 9.17) is 0 Å². The molecule has 0 saturated heterocycles. The Morgan fingerprint density at radius 3 is 2.61 bits per heavy atom. The van der Waals surface area contributed by atoms with Crippen molar-refractivity contribution in [1.82, 2.24) is 18.7 Å². The third-order valence-electron chi connectivity index (χ3n) is 6.75. The van der Waals surface area contributed by atoms with Crippen LogP contribution in [0.1, 0.15) is 32.3 Å². The summed E-state index contributed by atoms with van der Waals surface area (Å²) in [5.74, 6) is 0.513. The van der Waals surface area contributed by atoms with E-state index in [1.807, 2.05) is 19.4 Å². The van der Waals surface area contributed by atoms with Crippen LogP contribution in [-0.4, -0.2) is 27.2 Å². The van der Waals surface area contributed by atoms with E-state index in [9.17, 15) is 8.42 Å². The van der Waals surface area contributed by atoms with E-state index in [1.165, 1.54) is 3.97 Å². The Hall–Kier alpha value is -3.19. The molecule has 0 radical (unpaired) electrons. The van der Waals surface area contributed by atoms with Crippen LogP contribution in [0.4, 0.5) is 0 Å². The van der Waals surface area contributed by atoms with Crippen LogP contribution in [0.15, 0.2) is 78.2 Å². The number of fused-ring (bicyclic) bond motifs is 1. The molecule has 33 heavy (non-hydrogen) atoms. The van der Waals surface area contributed by atoms with Gasteiger partial charge in [-0.25, -0.2) is 17.4 Å². The highest BCUT2D eigenvalue weighted by atomic mass is 32.2. The van der Waals surface area contributed by atoms with Crippen LogP contribution in [0.3, 0.4) is 0 Å². The van der Waals surface area contributed by atoms with Gasteiger partial charge in [-0.15, -0.1) is 0 Å². The maximum atomic E-state index is 13.5. The molecule has 1 unspecified atom stereocenters. The lowest BCUT2D eigenvalue weighted by Crippen LogP contribution is -2.26. The molecule has 0 aliphatic heterocycles. The second-order valence-electron chi connectivity index (χ2n) is 9.48. The number of benzene rings is 1. The SMILES string of the molecule is Cn1cc(-c2cn(S(=O)(=O)c3ccccc3)c3ncc(CC4CCC=CC4(C)C)cc23)cn1. The van der Waals surface area contributed by atoms with Gasteiger partial charge in [-0.05, 0) is 54.4 Å². The summed E-state index contributed by atoms with van der Waals surface area (Å²) in [6.07, 6.45) is 14.9. The van der Waals surface area contributed by atoms with Gasteiger partial charge in [0.2, 0.25) is 0 Å². The number of hydrogen-bond donors (Lipinski definition) is 0. The van der Waals surface area contributed by atoms with Gasteiger partial charge in [-0.3, -0.25) is 4.68 Å². The lowest BCUT2D eigenvalue weighted by Gasteiger charge is -2.34. The van der Waals surface area contributed by atoms with Gasteiger partial charge in [0, 0.05) is 42.2 Å². The van der Waals surface area contributed by atoms with Gasteiger partial charge in [-0.2, -0.15) is 5.10 Å². The molecule has 170 valence electrons. The van der Waals surface area contributed by atoms with E-state index < -0.39 is 10.0 Å². The Balaban J connectivity index is 1.65. The topological polar surface area (TPSA) is 69.8 Å². The minimum atomic E-state index is -3.79. The number of aromatic nitrogens is 4. The van der Waals surface area contributed by atoms with Crippen LogP contribution >= 0.6 is 0 Å². The molecular formula is C26H28N4O2S. The first-order chi connectivity index (χ1) is 15.8. The molecule has 7 heteroatoms. The summed E-state index contributed by atoms with van der Waals surface area (Å²) in [6, 6.07) is 10.6. The van der Waals surface area contributed by atoms with Crippen LogP contribution in [0.5, 0.6) is 0 Å². The predicted octanol–water partition coefficient (Wildman–Crippen LogP) is 5.21. The summed E-state index contributed by atoms with van der Waals surface area (Å²) in [7, 11) is -1.93. The molecule has 3 heterocycles. The van der Waals surface area contributed by atoms with E-state index in [1.54, 1.807) is 47.4 Å². The van der Waals surface area contributed by atoms with Crippen molar-refractivity contribution >= 4 is 21.1 Å². The van der Waals surface area contributed by atoms with Crippen LogP contribution in [0.2, 0.25) is 0 Å². The highest BCUT2D eigenvalue weighted by molar-refractivity contribution is 7.90. The third kappa shape index (κ3) is 3.91. The van der Waals surface area contributed by atoms with Gasteiger partial charge in [0.15, 0.2) is 5.65 Å². The molecular weight excluding hydrogens is 432 g/mol. The molecule has 1 aliphatic rings. The summed E-state index contributed by atoms with van der Waals surface area (Å²) < 4.78 is 30.0. The van der Waals surface area contributed by atoms with E-state index in [0.29, 0.717) is 11.6 Å². The molecule has 0 amide bonds. The molecule has 0 N–H and O–H groups in total. The number of pyridine rings is 1. The Morgan fingerprint density at radius 1 is 1.12 bits per heavy atom.